The molecule has 110 valence electrons. The third kappa shape index (κ3) is 2.44. The normalized spacial score (nSPS) is 10.7. The van der Waals surface area contributed by atoms with E-state index in [-0.39, 0.29) is 0 Å². The van der Waals surface area contributed by atoms with Crippen LogP contribution in [0.3, 0.4) is 0 Å². The second-order valence-corrected chi connectivity index (χ2v) is 5.49. The number of hydrogen-bond donors (Lipinski definition) is 0. The van der Waals surface area contributed by atoms with Gasteiger partial charge in [0.25, 0.3) is 0 Å². The third-order valence-electron chi connectivity index (χ3n) is 3.87. The molecule has 0 atom stereocenters. The van der Waals surface area contributed by atoms with E-state index in [0.29, 0.717) is 5.69 Å². The lowest BCUT2D eigenvalue weighted by Gasteiger charge is -2.09. The molecule has 0 radical (unpaired) electrons. The van der Waals surface area contributed by atoms with E-state index in [4.69, 9.17) is 0 Å². The summed E-state index contributed by atoms with van der Waals surface area (Å²) in [5.74, 6) is 0. The van der Waals surface area contributed by atoms with E-state index in [1.807, 2.05) is 43.3 Å². The molecule has 0 aliphatic heterocycles. The second kappa shape index (κ2) is 5.56. The molecule has 22 heavy (non-hydrogen) atoms. The minimum Gasteiger partial charge on any atom is -0.296 e. The van der Waals surface area contributed by atoms with E-state index in [1.165, 1.54) is 16.7 Å². The van der Waals surface area contributed by atoms with Crippen molar-refractivity contribution < 1.29 is 4.79 Å². The maximum absolute atomic E-state index is 11.3. The number of aromatic nitrogens is 3. The van der Waals surface area contributed by atoms with Crippen LogP contribution in [0.5, 0.6) is 0 Å². The maximum atomic E-state index is 11.3. The molecule has 1 aromatic heterocycles. The minimum absolute atomic E-state index is 0.351. The minimum atomic E-state index is 0.351. The average molecular weight is 291 g/mol. The Kier molecular flexibility index (Phi) is 3.59. The zero-order chi connectivity index (χ0) is 15.7. The first-order valence-electron chi connectivity index (χ1n) is 7.15. The van der Waals surface area contributed by atoms with Gasteiger partial charge in [-0.05, 0) is 50.1 Å². The van der Waals surface area contributed by atoms with Gasteiger partial charge in [-0.1, -0.05) is 35.0 Å². The van der Waals surface area contributed by atoms with Crippen molar-refractivity contribution in [2.24, 2.45) is 0 Å². The molecular weight excluding hydrogens is 274 g/mol. The van der Waals surface area contributed by atoms with Gasteiger partial charge in [-0.25, -0.2) is 4.68 Å². The van der Waals surface area contributed by atoms with Crippen molar-refractivity contribution in [3.8, 4) is 16.9 Å². The Morgan fingerprint density at radius 3 is 2.32 bits per heavy atom. The van der Waals surface area contributed by atoms with Crippen molar-refractivity contribution in [2.75, 3.05) is 0 Å². The molecule has 0 aliphatic rings. The van der Waals surface area contributed by atoms with Crippen molar-refractivity contribution in [1.82, 2.24) is 15.0 Å². The summed E-state index contributed by atoms with van der Waals surface area (Å²) in [5, 5.41) is 8.16. The molecule has 3 rings (SSSR count). The highest BCUT2D eigenvalue weighted by atomic mass is 16.1. The predicted molar refractivity (Wildman–Crippen MR) is 86.4 cm³/mol. The van der Waals surface area contributed by atoms with Crippen LogP contribution < -0.4 is 0 Å². The number of nitrogens with zero attached hydrogens (tertiary/aromatic N) is 3. The van der Waals surface area contributed by atoms with Gasteiger partial charge in [0.05, 0.1) is 5.69 Å². The first kappa shape index (κ1) is 14.2. The molecular formula is C18H17N3O. The van der Waals surface area contributed by atoms with Crippen LogP contribution in [0.4, 0.5) is 0 Å². The summed E-state index contributed by atoms with van der Waals surface area (Å²) in [4.78, 5) is 11.3. The average Bonchev–Trinajstić information content (AvgIpc) is 2.94. The molecule has 0 saturated heterocycles. The van der Waals surface area contributed by atoms with E-state index in [9.17, 15) is 4.79 Å². The summed E-state index contributed by atoms with van der Waals surface area (Å²) in [7, 11) is 0. The summed E-state index contributed by atoms with van der Waals surface area (Å²) in [6, 6.07) is 14.1. The molecule has 0 amide bonds. The second-order valence-electron chi connectivity index (χ2n) is 5.49. The lowest BCUT2D eigenvalue weighted by molar-refractivity contribution is 0.111. The van der Waals surface area contributed by atoms with Crippen LogP contribution in [0.25, 0.3) is 16.9 Å². The third-order valence-corrected chi connectivity index (χ3v) is 3.87. The number of hydrogen-bond acceptors (Lipinski definition) is 3. The van der Waals surface area contributed by atoms with E-state index >= 15 is 0 Å². The number of benzene rings is 2. The highest BCUT2D eigenvalue weighted by molar-refractivity contribution is 5.84. The topological polar surface area (TPSA) is 47.8 Å². The van der Waals surface area contributed by atoms with Crippen molar-refractivity contribution in [3.63, 3.8) is 0 Å². The molecule has 2 aromatic carbocycles. The molecule has 1 heterocycles. The summed E-state index contributed by atoms with van der Waals surface area (Å²) >= 11 is 0. The highest BCUT2D eigenvalue weighted by Gasteiger charge is 2.16. The smallest absolute Gasteiger partial charge is 0.172 e. The molecule has 0 spiro atoms. The Balaban J connectivity index is 2.21. The van der Waals surface area contributed by atoms with Gasteiger partial charge < -0.3 is 0 Å². The number of rotatable bonds is 3. The fourth-order valence-corrected chi connectivity index (χ4v) is 2.40. The molecule has 0 bridgehead atoms. The predicted octanol–water partition coefficient (Wildman–Crippen LogP) is 3.67. The van der Waals surface area contributed by atoms with Gasteiger partial charge in [-0.15, -0.1) is 5.10 Å². The van der Waals surface area contributed by atoms with Crippen molar-refractivity contribution >= 4 is 6.29 Å². The van der Waals surface area contributed by atoms with E-state index in [0.717, 1.165) is 23.2 Å². The Morgan fingerprint density at radius 2 is 1.68 bits per heavy atom. The number of aryl methyl sites for hydroxylation is 3. The fraction of sp³-hybridized carbons (Fsp3) is 0.167. The maximum Gasteiger partial charge on any atom is 0.172 e. The van der Waals surface area contributed by atoms with Gasteiger partial charge >= 0.3 is 0 Å². The van der Waals surface area contributed by atoms with Crippen LogP contribution in [0, 0.1) is 20.8 Å². The Bertz CT molecular complexity index is 832. The van der Waals surface area contributed by atoms with Gasteiger partial charge in [0.1, 0.15) is 5.69 Å². The number of aldehydes is 1. The lowest BCUT2D eigenvalue weighted by atomic mass is 10.0. The van der Waals surface area contributed by atoms with Crippen molar-refractivity contribution in [1.29, 1.82) is 0 Å². The summed E-state index contributed by atoms with van der Waals surface area (Å²) in [5.41, 5.74) is 6.46. The zero-order valence-corrected chi connectivity index (χ0v) is 12.9. The fourth-order valence-electron chi connectivity index (χ4n) is 2.40. The molecule has 0 unspecified atom stereocenters. The summed E-state index contributed by atoms with van der Waals surface area (Å²) < 4.78 is 1.72. The van der Waals surface area contributed by atoms with Crippen LogP contribution in [0.2, 0.25) is 0 Å². The highest BCUT2D eigenvalue weighted by Crippen LogP contribution is 2.26. The molecule has 4 heteroatoms. The summed E-state index contributed by atoms with van der Waals surface area (Å²) in [6.07, 6.45) is 0.752. The molecule has 3 aromatic rings. The van der Waals surface area contributed by atoms with Crippen LogP contribution in [-0.4, -0.2) is 21.3 Å². The molecule has 0 N–H and O–H groups in total. The van der Waals surface area contributed by atoms with E-state index in [2.05, 4.69) is 30.2 Å². The molecule has 0 saturated carbocycles. The van der Waals surface area contributed by atoms with Gasteiger partial charge in [0.15, 0.2) is 12.0 Å². The van der Waals surface area contributed by atoms with Crippen LogP contribution in [-0.2, 0) is 0 Å². The largest absolute Gasteiger partial charge is 0.296 e. The molecule has 0 aliphatic carbocycles. The monoisotopic (exact) mass is 291 g/mol. The van der Waals surface area contributed by atoms with E-state index in [1.54, 1.807) is 4.68 Å². The first-order chi connectivity index (χ1) is 10.6. The van der Waals surface area contributed by atoms with Crippen LogP contribution in [0.1, 0.15) is 27.2 Å². The van der Waals surface area contributed by atoms with Gasteiger partial charge in [-0.2, -0.15) is 0 Å². The van der Waals surface area contributed by atoms with E-state index < -0.39 is 0 Å². The van der Waals surface area contributed by atoms with Crippen LogP contribution in [0.15, 0.2) is 42.5 Å². The quantitative estimate of drug-likeness (QED) is 0.692. The SMILES string of the molecule is Cc1ccc(-n2nnc(C=O)c2-c2ccc(C)c(C)c2)cc1. The zero-order valence-electron chi connectivity index (χ0n) is 12.9. The number of carbonyl (C=O) groups excluding carboxylic acids is 1. The standard InChI is InChI=1S/C18H17N3O/c1-12-4-8-16(9-5-12)21-18(17(11-22)19-20-21)15-7-6-13(2)14(3)10-15/h4-11H,1-3H3. The van der Waals surface area contributed by atoms with Crippen LogP contribution >= 0.6 is 0 Å². The van der Waals surface area contributed by atoms with Gasteiger partial charge in [-0.3, -0.25) is 4.79 Å². The first-order valence-corrected chi connectivity index (χ1v) is 7.15. The number of carbonyl (C=O) groups is 1. The Labute approximate surface area is 129 Å². The van der Waals surface area contributed by atoms with Gasteiger partial charge in [0.2, 0.25) is 0 Å². The van der Waals surface area contributed by atoms with Crippen molar-refractivity contribution in [3.05, 3.63) is 64.8 Å². The lowest BCUT2D eigenvalue weighted by Crippen LogP contribution is -2.00. The van der Waals surface area contributed by atoms with Crippen molar-refractivity contribution in [2.45, 2.75) is 20.8 Å². The van der Waals surface area contributed by atoms with Gasteiger partial charge in [0, 0.05) is 5.56 Å². The Morgan fingerprint density at radius 1 is 0.955 bits per heavy atom. The Hall–Kier alpha value is -2.75. The molecule has 0 fully saturated rings. The molecule has 4 nitrogen and oxygen atoms in total. The summed E-state index contributed by atoms with van der Waals surface area (Å²) in [6.45, 7) is 6.15.